The summed E-state index contributed by atoms with van der Waals surface area (Å²) in [5, 5.41) is 3.02. The quantitative estimate of drug-likeness (QED) is 0.341. The topological polar surface area (TPSA) is 72.7 Å². The number of aryl methyl sites for hydroxylation is 1. The first-order chi connectivity index (χ1) is 16.6. The van der Waals surface area contributed by atoms with Crippen molar-refractivity contribution >= 4 is 23.2 Å². The second-order valence-electron chi connectivity index (χ2n) is 8.13. The zero-order chi connectivity index (χ0) is 25.2. The fraction of sp³-hybridized carbons (Fsp3) is 0.200. The highest BCUT2D eigenvalue weighted by molar-refractivity contribution is 6.29. The van der Waals surface area contributed by atoms with Crippen LogP contribution in [-0.4, -0.2) is 25.4 Å². The van der Waals surface area contributed by atoms with E-state index in [4.69, 9.17) is 11.6 Å². The summed E-state index contributed by atoms with van der Waals surface area (Å²) in [7, 11) is 0. The Bertz CT molecular complexity index is 1370. The Balaban J connectivity index is 1.58. The Hall–Kier alpha value is -3.72. The van der Waals surface area contributed by atoms with Gasteiger partial charge in [0.25, 0.3) is 5.91 Å². The maximum absolute atomic E-state index is 13.6. The molecule has 0 saturated carbocycles. The normalized spacial score (nSPS) is 12.4. The summed E-state index contributed by atoms with van der Waals surface area (Å²) in [6.07, 6.45) is 2.09. The third-order valence-corrected chi connectivity index (χ3v) is 5.68. The highest BCUT2D eigenvalue weighted by Crippen LogP contribution is 2.32. The van der Waals surface area contributed by atoms with E-state index in [1.165, 1.54) is 23.0 Å². The zero-order valence-electron chi connectivity index (χ0n) is 18.8. The molecular formula is C25H21ClF3N5O. The summed E-state index contributed by atoms with van der Waals surface area (Å²) >= 11 is 5.91. The van der Waals surface area contributed by atoms with Gasteiger partial charge in [-0.2, -0.15) is 13.2 Å². The Morgan fingerprint density at radius 1 is 1.17 bits per heavy atom. The second kappa shape index (κ2) is 9.87. The molecule has 1 atom stereocenters. The highest BCUT2D eigenvalue weighted by atomic mass is 35.5. The molecule has 10 heteroatoms. The van der Waals surface area contributed by atoms with Gasteiger partial charge in [0.15, 0.2) is 0 Å². The van der Waals surface area contributed by atoms with E-state index in [-0.39, 0.29) is 17.2 Å². The molecule has 0 bridgehead atoms. The van der Waals surface area contributed by atoms with Crippen LogP contribution in [0.1, 0.15) is 45.8 Å². The van der Waals surface area contributed by atoms with Gasteiger partial charge < -0.3 is 9.88 Å². The lowest BCUT2D eigenvalue weighted by molar-refractivity contribution is -0.137. The average Bonchev–Trinajstić information content (AvgIpc) is 3.24. The largest absolute Gasteiger partial charge is 0.416 e. The number of imidazole rings is 1. The molecule has 6 nitrogen and oxygen atoms in total. The maximum Gasteiger partial charge on any atom is 0.416 e. The van der Waals surface area contributed by atoms with Gasteiger partial charge in [0.1, 0.15) is 11.0 Å². The number of hydrogen-bond acceptors (Lipinski definition) is 4. The number of nitrogens with one attached hydrogen (secondary N) is 1. The van der Waals surface area contributed by atoms with Gasteiger partial charge in [-0.25, -0.2) is 9.97 Å². The average molecular weight is 500 g/mol. The minimum Gasteiger partial charge on any atom is -0.322 e. The number of carbonyl (C=O) groups excluding carboxylic acids is 1. The van der Waals surface area contributed by atoms with E-state index < -0.39 is 17.6 Å². The predicted molar refractivity (Wildman–Crippen MR) is 127 cm³/mol. The number of benzene rings is 2. The standard InChI is InChI=1S/C25H21ClF3N5O/c1-15(8-21-13-30-14-23(26)32-21)17-4-3-5-20(10-17)33-24(35)18-9-19(25(27,28)29)12-22(11-18)34-7-6-31-16(34)2/h3-7,9-15H,8H2,1-2H3,(H,33,35)/t15-/m1/s1. The monoisotopic (exact) mass is 499 g/mol. The minimum absolute atomic E-state index is 0.0315. The van der Waals surface area contributed by atoms with Crippen molar-refractivity contribution in [2.45, 2.75) is 32.4 Å². The van der Waals surface area contributed by atoms with E-state index in [1.807, 2.05) is 13.0 Å². The van der Waals surface area contributed by atoms with Crippen molar-refractivity contribution in [2.75, 3.05) is 5.32 Å². The van der Waals surface area contributed by atoms with Gasteiger partial charge in [0.05, 0.1) is 17.5 Å². The first-order valence-electron chi connectivity index (χ1n) is 10.7. The van der Waals surface area contributed by atoms with Crippen LogP contribution in [0.15, 0.2) is 67.3 Å². The SMILES string of the molecule is Cc1nccn1-c1cc(C(=O)Nc2cccc([C@H](C)Cc3cncc(Cl)n3)c2)cc(C(F)(F)F)c1. The molecular weight excluding hydrogens is 479 g/mol. The summed E-state index contributed by atoms with van der Waals surface area (Å²) in [6, 6.07) is 10.4. The zero-order valence-corrected chi connectivity index (χ0v) is 19.6. The lowest BCUT2D eigenvalue weighted by atomic mass is 9.96. The summed E-state index contributed by atoms with van der Waals surface area (Å²) in [6.45, 7) is 3.66. The summed E-state index contributed by atoms with van der Waals surface area (Å²) < 4.78 is 42.1. The molecule has 0 fully saturated rings. The van der Waals surface area contributed by atoms with Crippen LogP contribution < -0.4 is 5.32 Å². The third-order valence-electron chi connectivity index (χ3n) is 5.50. The smallest absolute Gasteiger partial charge is 0.322 e. The number of halogens is 4. The molecule has 4 aromatic rings. The molecule has 4 rings (SSSR count). The molecule has 2 aromatic heterocycles. The van der Waals surface area contributed by atoms with Crippen molar-refractivity contribution in [3.05, 3.63) is 101 Å². The molecule has 2 heterocycles. The fourth-order valence-corrected chi connectivity index (χ4v) is 3.90. The third kappa shape index (κ3) is 5.86. The van der Waals surface area contributed by atoms with E-state index in [9.17, 15) is 18.0 Å². The molecule has 0 saturated heterocycles. The van der Waals surface area contributed by atoms with Gasteiger partial charge in [-0.1, -0.05) is 30.7 Å². The van der Waals surface area contributed by atoms with Gasteiger partial charge in [-0.15, -0.1) is 0 Å². The molecule has 35 heavy (non-hydrogen) atoms. The van der Waals surface area contributed by atoms with Gasteiger partial charge in [-0.05, 0) is 55.2 Å². The Morgan fingerprint density at radius 2 is 1.97 bits per heavy atom. The molecule has 2 aromatic carbocycles. The maximum atomic E-state index is 13.6. The molecule has 1 N–H and O–H groups in total. The molecule has 0 aliphatic rings. The number of alkyl halides is 3. The van der Waals surface area contributed by atoms with Crippen LogP contribution in [-0.2, 0) is 12.6 Å². The summed E-state index contributed by atoms with van der Waals surface area (Å²) in [5.41, 5.74) is 1.28. The van der Waals surface area contributed by atoms with Gasteiger partial charge in [0, 0.05) is 35.5 Å². The fourth-order valence-electron chi connectivity index (χ4n) is 3.73. The lowest BCUT2D eigenvalue weighted by Gasteiger charge is -2.15. The van der Waals surface area contributed by atoms with Crippen LogP contribution in [0, 0.1) is 6.92 Å². The van der Waals surface area contributed by atoms with E-state index in [0.717, 1.165) is 23.4 Å². The first-order valence-corrected chi connectivity index (χ1v) is 11.1. The molecule has 1 amide bonds. The van der Waals surface area contributed by atoms with Crippen molar-refractivity contribution in [1.82, 2.24) is 19.5 Å². The molecule has 0 unspecified atom stereocenters. The predicted octanol–water partition coefficient (Wildman–Crippen LogP) is 6.24. The van der Waals surface area contributed by atoms with Crippen molar-refractivity contribution in [1.29, 1.82) is 0 Å². The van der Waals surface area contributed by atoms with Crippen LogP contribution >= 0.6 is 11.6 Å². The number of nitrogens with zero attached hydrogens (tertiary/aromatic N) is 4. The minimum atomic E-state index is -4.61. The number of amides is 1. The number of anilines is 1. The van der Waals surface area contributed by atoms with E-state index in [1.54, 1.807) is 37.5 Å². The second-order valence-corrected chi connectivity index (χ2v) is 8.52. The van der Waals surface area contributed by atoms with Crippen molar-refractivity contribution in [3.63, 3.8) is 0 Å². The molecule has 0 spiro atoms. The van der Waals surface area contributed by atoms with E-state index >= 15 is 0 Å². The Kier molecular flexibility index (Phi) is 6.88. The first kappa shape index (κ1) is 24.4. The summed E-state index contributed by atoms with van der Waals surface area (Å²) in [4.78, 5) is 25.3. The molecule has 180 valence electrons. The van der Waals surface area contributed by atoms with E-state index in [0.29, 0.717) is 23.1 Å². The van der Waals surface area contributed by atoms with E-state index in [2.05, 4.69) is 20.3 Å². The summed E-state index contributed by atoms with van der Waals surface area (Å²) in [5.74, 6) is -0.119. The van der Waals surface area contributed by atoms with Gasteiger partial charge in [0.2, 0.25) is 0 Å². The Morgan fingerprint density at radius 3 is 2.66 bits per heavy atom. The number of hydrogen-bond donors (Lipinski definition) is 1. The number of carbonyl (C=O) groups is 1. The van der Waals surface area contributed by atoms with Crippen LogP contribution in [0.5, 0.6) is 0 Å². The number of aromatic nitrogens is 4. The number of rotatable bonds is 6. The van der Waals surface area contributed by atoms with Crippen LogP contribution in [0.4, 0.5) is 18.9 Å². The van der Waals surface area contributed by atoms with Crippen molar-refractivity contribution < 1.29 is 18.0 Å². The molecule has 0 radical (unpaired) electrons. The van der Waals surface area contributed by atoms with Crippen LogP contribution in [0.25, 0.3) is 5.69 Å². The highest BCUT2D eigenvalue weighted by Gasteiger charge is 2.32. The Labute approximate surface area is 204 Å². The lowest BCUT2D eigenvalue weighted by Crippen LogP contribution is -2.15. The van der Waals surface area contributed by atoms with Crippen LogP contribution in [0.2, 0.25) is 5.15 Å². The van der Waals surface area contributed by atoms with Gasteiger partial charge >= 0.3 is 6.18 Å². The van der Waals surface area contributed by atoms with Gasteiger partial charge in [-0.3, -0.25) is 9.78 Å². The van der Waals surface area contributed by atoms with Crippen molar-refractivity contribution in [3.8, 4) is 5.69 Å². The van der Waals surface area contributed by atoms with Crippen LogP contribution in [0.3, 0.4) is 0 Å². The molecule has 0 aliphatic heterocycles. The van der Waals surface area contributed by atoms with Crippen molar-refractivity contribution in [2.24, 2.45) is 0 Å². The molecule has 0 aliphatic carbocycles.